The quantitative estimate of drug-likeness (QED) is 0.776. The minimum Gasteiger partial charge on any atom is -0.399 e. The minimum absolute atomic E-state index is 0.00287. The number of hydrogen-bond acceptors (Lipinski definition) is 3. The van der Waals surface area contributed by atoms with Gasteiger partial charge in [0, 0.05) is 17.4 Å². The van der Waals surface area contributed by atoms with Crippen molar-refractivity contribution < 1.29 is 4.79 Å². The van der Waals surface area contributed by atoms with E-state index in [4.69, 9.17) is 5.73 Å². The Labute approximate surface area is 116 Å². The molecule has 3 N–H and O–H groups in total. The van der Waals surface area contributed by atoms with Crippen molar-refractivity contribution in [2.75, 3.05) is 24.6 Å². The fourth-order valence-corrected chi connectivity index (χ4v) is 2.23. The second-order valence-corrected chi connectivity index (χ2v) is 5.01. The van der Waals surface area contributed by atoms with Gasteiger partial charge < -0.3 is 11.1 Å². The molecule has 0 spiro atoms. The fourth-order valence-electron chi connectivity index (χ4n) is 2.23. The van der Waals surface area contributed by atoms with Crippen molar-refractivity contribution in [3.63, 3.8) is 0 Å². The Morgan fingerprint density at radius 2 is 2.00 bits per heavy atom. The lowest BCUT2D eigenvalue weighted by molar-refractivity contribution is -0.117. The zero-order chi connectivity index (χ0) is 14.4. The molecule has 1 rings (SSSR count). The van der Waals surface area contributed by atoms with Crippen LogP contribution in [0.25, 0.3) is 0 Å². The van der Waals surface area contributed by atoms with Crippen molar-refractivity contribution in [3.05, 3.63) is 23.8 Å². The summed E-state index contributed by atoms with van der Waals surface area (Å²) in [6.45, 7) is 6.65. The zero-order valence-electron chi connectivity index (χ0n) is 12.4. The van der Waals surface area contributed by atoms with E-state index in [1.54, 1.807) is 6.07 Å². The third-order valence-electron chi connectivity index (χ3n) is 3.49. The monoisotopic (exact) mass is 263 g/mol. The smallest absolute Gasteiger partial charge is 0.238 e. The summed E-state index contributed by atoms with van der Waals surface area (Å²) in [4.78, 5) is 14.1. The van der Waals surface area contributed by atoms with Gasteiger partial charge in [-0.05, 0) is 44.5 Å². The van der Waals surface area contributed by atoms with Crippen LogP contribution in [-0.4, -0.2) is 30.4 Å². The first-order chi connectivity index (χ1) is 8.97. The lowest BCUT2D eigenvalue weighted by atomic mass is 10.1. The molecule has 0 aromatic heterocycles. The molecule has 0 aliphatic carbocycles. The van der Waals surface area contributed by atoms with Crippen LogP contribution in [0.5, 0.6) is 0 Å². The highest BCUT2D eigenvalue weighted by atomic mass is 16.2. The van der Waals surface area contributed by atoms with Crippen molar-refractivity contribution in [2.45, 2.75) is 39.7 Å². The molecule has 0 saturated carbocycles. The normalized spacial score (nSPS) is 11.1. The number of carbonyl (C=O) groups excluding carboxylic acids is 1. The molecule has 4 nitrogen and oxygen atoms in total. The van der Waals surface area contributed by atoms with Crippen molar-refractivity contribution in [3.8, 4) is 0 Å². The van der Waals surface area contributed by atoms with Gasteiger partial charge >= 0.3 is 0 Å². The molecular weight excluding hydrogens is 238 g/mol. The second kappa shape index (κ2) is 7.14. The van der Waals surface area contributed by atoms with E-state index in [1.807, 2.05) is 26.1 Å². The molecule has 19 heavy (non-hydrogen) atoms. The molecule has 1 aromatic carbocycles. The van der Waals surface area contributed by atoms with E-state index in [0.29, 0.717) is 18.3 Å². The van der Waals surface area contributed by atoms with E-state index in [1.165, 1.54) is 0 Å². The molecule has 0 atom stereocenters. The van der Waals surface area contributed by atoms with E-state index in [0.717, 1.165) is 24.1 Å². The summed E-state index contributed by atoms with van der Waals surface area (Å²) in [6, 6.07) is 5.99. The molecule has 0 fully saturated rings. The molecule has 1 amide bonds. The Balaban J connectivity index is 2.62. The number of nitrogens with one attached hydrogen (secondary N) is 1. The van der Waals surface area contributed by atoms with Crippen LogP contribution in [0.1, 0.15) is 32.3 Å². The van der Waals surface area contributed by atoms with Gasteiger partial charge in [0.1, 0.15) is 0 Å². The maximum Gasteiger partial charge on any atom is 0.238 e. The first-order valence-corrected chi connectivity index (χ1v) is 6.84. The van der Waals surface area contributed by atoms with Crippen LogP contribution >= 0.6 is 0 Å². The Kier molecular flexibility index (Phi) is 5.83. The van der Waals surface area contributed by atoms with Gasteiger partial charge in [-0.2, -0.15) is 0 Å². The first kappa shape index (κ1) is 15.5. The van der Waals surface area contributed by atoms with Crippen LogP contribution in [-0.2, 0) is 4.79 Å². The predicted molar refractivity (Wildman–Crippen MR) is 81.2 cm³/mol. The lowest BCUT2D eigenvalue weighted by Crippen LogP contribution is -2.37. The molecule has 0 radical (unpaired) electrons. The third-order valence-corrected chi connectivity index (χ3v) is 3.49. The molecule has 0 saturated heterocycles. The number of nitrogens with two attached hydrogens (primary N) is 1. The van der Waals surface area contributed by atoms with Crippen molar-refractivity contribution in [2.24, 2.45) is 0 Å². The highest BCUT2D eigenvalue weighted by Gasteiger charge is 2.14. The Hall–Kier alpha value is -1.55. The highest BCUT2D eigenvalue weighted by Crippen LogP contribution is 2.18. The second-order valence-electron chi connectivity index (χ2n) is 5.01. The number of likely N-dealkylation sites (N-methyl/N-ethyl adjacent to an activating group) is 1. The molecule has 106 valence electrons. The SMILES string of the molecule is CCC(CC)N(C)CC(=O)Nc1cc(N)ccc1C. The summed E-state index contributed by atoms with van der Waals surface area (Å²) in [6.07, 6.45) is 2.11. The Morgan fingerprint density at radius 1 is 1.37 bits per heavy atom. The molecule has 4 heteroatoms. The highest BCUT2D eigenvalue weighted by molar-refractivity contribution is 5.93. The maximum atomic E-state index is 12.0. The molecular formula is C15H25N3O. The largest absolute Gasteiger partial charge is 0.399 e. The molecule has 1 aromatic rings. The summed E-state index contributed by atoms with van der Waals surface area (Å²) in [7, 11) is 1.99. The minimum atomic E-state index is 0.00287. The number of carbonyl (C=O) groups is 1. The van der Waals surface area contributed by atoms with Gasteiger partial charge in [0.2, 0.25) is 5.91 Å². The van der Waals surface area contributed by atoms with Gasteiger partial charge in [-0.1, -0.05) is 19.9 Å². The van der Waals surface area contributed by atoms with Gasteiger partial charge in [0.15, 0.2) is 0 Å². The first-order valence-electron chi connectivity index (χ1n) is 6.84. The molecule has 0 aliphatic heterocycles. The van der Waals surface area contributed by atoms with Crippen LogP contribution in [0.15, 0.2) is 18.2 Å². The van der Waals surface area contributed by atoms with Crippen molar-refractivity contribution >= 4 is 17.3 Å². The lowest BCUT2D eigenvalue weighted by Gasteiger charge is -2.25. The Morgan fingerprint density at radius 3 is 2.58 bits per heavy atom. The number of nitrogen functional groups attached to an aromatic ring is 1. The third kappa shape index (κ3) is 4.56. The van der Waals surface area contributed by atoms with Crippen LogP contribution < -0.4 is 11.1 Å². The standard InChI is InChI=1S/C15H25N3O/c1-5-13(6-2)18(4)10-15(19)17-14-9-12(16)8-7-11(14)3/h7-9,13H,5-6,10,16H2,1-4H3,(H,17,19). The average molecular weight is 263 g/mol. The summed E-state index contributed by atoms with van der Waals surface area (Å²) >= 11 is 0. The molecule has 0 unspecified atom stereocenters. The van der Waals surface area contributed by atoms with Crippen LogP contribution in [0.4, 0.5) is 11.4 Å². The average Bonchev–Trinajstić information content (AvgIpc) is 2.35. The van der Waals surface area contributed by atoms with E-state index in [-0.39, 0.29) is 5.91 Å². The van der Waals surface area contributed by atoms with Crippen molar-refractivity contribution in [1.29, 1.82) is 0 Å². The number of rotatable bonds is 6. The van der Waals surface area contributed by atoms with Crippen LogP contribution in [0.2, 0.25) is 0 Å². The van der Waals surface area contributed by atoms with Crippen molar-refractivity contribution in [1.82, 2.24) is 4.90 Å². The van der Waals surface area contributed by atoms with Gasteiger partial charge in [-0.3, -0.25) is 9.69 Å². The number of hydrogen-bond donors (Lipinski definition) is 2. The number of aryl methyl sites for hydroxylation is 1. The predicted octanol–water partition coefficient (Wildman–Crippen LogP) is 2.64. The Bertz CT molecular complexity index is 427. The number of benzene rings is 1. The van der Waals surface area contributed by atoms with Gasteiger partial charge in [0.25, 0.3) is 0 Å². The van der Waals surface area contributed by atoms with Crippen LogP contribution in [0.3, 0.4) is 0 Å². The maximum absolute atomic E-state index is 12.0. The van der Waals surface area contributed by atoms with Gasteiger partial charge in [-0.25, -0.2) is 0 Å². The summed E-state index contributed by atoms with van der Waals surface area (Å²) in [5.41, 5.74) is 8.21. The molecule has 0 heterocycles. The zero-order valence-corrected chi connectivity index (χ0v) is 12.4. The summed E-state index contributed by atoms with van der Waals surface area (Å²) in [5.74, 6) is 0.00287. The number of amides is 1. The molecule has 0 bridgehead atoms. The van der Waals surface area contributed by atoms with E-state index in [2.05, 4.69) is 24.1 Å². The fraction of sp³-hybridized carbons (Fsp3) is 0.533. The number of anilines is 2. The number of nitrogens with zero attached hydrogens (tertiary/aromatic N) is 1. The van der Waals surface area contributed by atoms with Gasteiger partial charge in [0.05, 0.1) is 6.54 Å². The van der Waals surface area contributed by atoms with Crippen LogP contribution in [0, 0.1) is 6.92 Å². The molecule has 0 aliphatic rings. The summed E-state index contributed by atoms with van der Waals surface area (Å²) in [5, 5.41) is 2.92. The summed E-state index contributed by atoms with van der Waals surface area (Å²) < 4.78 is 0. The van der Waals surface area contributed by atoms with E-state index in [9.17, 15) is 4.79 Å². The van der Waals surface area contributed by atoms with E-state index >= 15 is 0 Å². The van der Waals surface area contributed by atoms with Gasteiger partial charge in [-0.15, -0.1) is 0 Å². The van der Waals surface area contributed by atoms with E-state index < -0.39 is 0 Å². The topological polar surface area (TPSA) is 58.4 Å².